The van der Waals surface area contributed by atoms with E-state index in [4.69, 9.17) is 4.42 Å². The van der Waals surface area contributed by atoms with Crippen LogP contribution in [0.1, 0.15) is 15.9 Å². The van der Waals surface area contributed by atoms with Gasteiger partial charge in [0.15, 0.2) is 0 Å². The van der Waals surface area contributed by atoms with E-state index in [0.29, 0.717) is 16.5 Å². The fraction of sp³-hybridized carbons (Fsp3) is 0.0435. The summed E-state index contributed by atoms with van der Waals surface area (Å²) in [6.07, 6.45) is 0. The number of benzene rings is 3. The van der Waals surface area contributed by atoms with Crippen LogP contribution in [0.5, 0.6) is 0 Å². The summed E-state index contributed by atoms with van der Waals surface area (Å²) in [5.74, 6) is -1.35. The zero-order chi connectivity index (χ0) is 19.7. The molecule has 4 nitrogen and oxygen atoms in total. The Morgan fingerprint density at radius 3 is 2.39 bits per heavy atom. The van der Waals surface area contributed by atoms with Crippen LogP contribution in [0.3, 0.4) is 0 Å². The summed E-state index contributed by atoms with van der Waals surface area (Å²) in [6, 6.07) is 19.8. The van der Waals surface area contributed by atoms with Crippen molar-refractivity contribution in [3.05, 3.63) is 100.0 Å². The number of nitrogens with one attached hydrogen (secondary N) is 1. The Labute approximate surface area is 160 Å². The number of carbonyl (C=O) groups is 1. The highest BCUT2D eigenvalue weighted by Gasteiger charge is 2.20. The second kappa shape index (κ2) is 7.12. The summed E-state index contributed by atoms with van der Waals surface area (Å²) in [7, 11) is 0. The lowest BCUT2D eigenvalue weighted by Crippen LogP contribution is -2.17. The molecule has 138 valence electrons. The van der Waals surface area contributed by atoms with Crippen LogP contribution in [0.4, 0.5) is 10.3 Å². The molecule has 0 aliphatic heterocycles. The van der Waals surface area contributed by atoms with Crippen LogP contribution in [-0.2, 0) is 0 Å². The number of aryl methyl sites for hydroxylation is 1. The fourth-order valence-electron chi connectivity index (χ4n) is 3.13. The van der Waals surface area contributed by atoms with Crippen molar-refractivity contribution < 1.29 is 13.6 Å². The monoisotopic (exact) mass is 373 g/mol. The molecule has 28 heavy (non-hydrogen) atoms. The highest BCUT2D eigenvalue weighted by atomic mass is 19.1. The van der Waals surface area contributed by atoms with Crippen LogP contribution >= 0.6 is 0 Å². The Hall–Kier alpha value is -3.73. The van der Waals surface area contributed by atoms with Gasteiger partial charge in [0.05, 0.1) is 16.5 Å². The molecule has 0 saturated heterocycles. The molecule has 1 heterocycles. The van der Waals surface area contributed by atoms with Crippen molar-refractivity contribution >= 4 is 22.8 Å². The molecule has 0 bridgehead atoms. The largest absolute Gasteiger partial charge is 0.439 e. The number of fused-ring (bicyclic) bond motifs is 1. The minimum atomic E-state index is -0.689. The van der Waals surface area contributed by atoms with Gasteiger partial charge in [-0.15, -0.1) is 0 Å². The van der Waals surface area contributed by atoms with Gasteiger partial charge in [0.2, 0.25) is 11.3 Å². The van der Waals surface area contributed by atoms with Crippen LogP contribution in [0.2, 0.25) is 0 Å². The first-order valence-electron chi connectivity index (χ1n) is 8.74. The summed E-state index contributed by atoms with van der Waals surface area (Å²) in [5, 5.41) is 3.00. The number of halogens is 1. The van der Waals surface area contributed by atoms with E-state index in [1.165, 1.54) is 18.2 Å². The molecular formula is C23H16FNO3. The van der Waals surface area contributed by atoms with Crippen molar-refractivity contribution in [2.24, 2.45) is 0 Å². The number of hydrogen-bond donors (Lipinski definition) is 1. The first kappa shape index (κ1) is 17.7. The van der Waals surface area contributed by atoms with Crippen molar-refractivity contribution in [1.82, 2.24) is 0 Å². The Morgan fingerprint density at radius 1 is 0.929 bits per heavy atom. The SMILES string of the molecule is Cc1cccc2c(=O)c(-c3ccccc3)c(NC(=O)c3ccccc3F)oc12. The van der Waals surface area contributed by atoms with E-state index in [-0.39, 0.29) is 22.4 Å². The fourth-order valence-corrected chi connectivity index (χ4v) is 3.13. The predicted molar refractivity (Wildman–Crippen MR) is 107 cm³/mol. The molecule has 0 fully saturated rings. The molecule has 1 N–H and O–H groups in total. The summed E-state index contributed by atoms with van der Waals surface area (Å²) in [5.41, 5.74) is 1.58. The Morgan fingerprint density at radius 2 is 1.64 bits per heavy atom. The van der Waals surface area contributed by atoms with E-state index in [9.17, 15) is 14.0 Å². The topological polar surface area (TPSA) is 59.3 Å². The summed E-state index contributed by atoms with van der Waals surface area (Å²) >= 11 is 0. The maximum Gasteiger partial charge on any atom is 0.260 e. The highest BCUT2D eigenvalue weighted by molar-refractivity contribution is 6.06. The molecule has 4 aromatic rings. The van der Waals surface area contributed by atoms with E-state index >= 15 is 0 Å². The summed E-state index contributed by atoms with van der Waals surface area (Å²) in [6.45, 7) is 1.82. The quantitative estimate of drug-likeness (QED) is 0.540. The minimum Gasteiger partial charge on any atom is -0.439 e. The van der Waals surface area contributed by atoms with E-state index in [1.54, 1.807) is 42.5 Å². The Balaban J connectivity index is 1.94. The molecule has 0 spiro atoms. The highest BCUT2D eigenvalue weighted by Crippen LogP contribution is 2.30. The minimum absolute atomic E-state index is 0.00810. The van der Waals surface area contributed by atoms with Crippen LogP contribution in [-0.4, -0.2) is 5.91 Å². The number of rotatable bonds is 3. The number of amides is 1. The second-order valence-electron chi connectivity index (χ2n) is 6.39. The van der Waals surface area contributed by atoms with Gasteiger partial charge in [0.25, 0.3) is 5.91 Å². The summed E-state index contributed by atoms with van der Waals surface area (Å²) < 4.78 is 19.9. The molecule has 3 aromatic carbocycles. The van der Waals surface area contributed by atoms with Crippen LogP contribution in [0, 0.1) is 12.7 Å². The lowest BCUT2D eigenvalue weighted by Gasteiger charge is -2.12. The molecule has 4 rings (SSSR count). The Kier molecular flexibility index (Phi) is 4.49. The smallest absolute Gasteiger partial charge is 0.260 e. The van der Waals surface area contributed by atoms with Crippen LogP contribution in [0.15, 0.2) is 82.0 Å². The van der Waals surface area contributed by atoms with Crippen molar-refractivity contribution in [2.45, 2.75) is 6.92 Å². The van der Waals surface area contributed by atoms with Gasteiger partial charge in [0.1, 0.15) is 11.4 Å². The molecule has 0 saturated carbocycles. The number of carbonyl (C=O) groups excluding carboxylic acids is 1. The molecule has 0 unspecified atom stereocenters. The lowest BCUT2D eigenvalue weighted by molar-refractivity contribution is 0.102. The van der Waals surface area contributed by atoms with Gasteiger partial charge in [-0.25, -0.2) is 4.39 Å². The van der Waals surface area contributed by atoms with E-state index in [1.807, 2.05) is 19.1 Å². The first-order chi connectivity index (χ1) is 13.6. The van der Waals surface area contributed by atoms with Crippen molar-refractivity contribution in [1.29, 1.82) is 0 Å². The Bertz CT molecular complexity index is 1250. The lowest BCUT2D eigenvalue weighted by atomic mass is 10.0. The standard InChI is InChI=1S/C23H16FNO3/c1-14-8-7-12-17-20(26)19(15-9-3-2-4-10-15)23(28-21(14)17)25-22(27)16-11-5-6-13-18(16)24/h2-13H,1H3,(H,25,27). The van der Waals surface area contributed by atoms with Crippen molar-refractivity contribution in [3.8, 4) is 11.1 Å². The van der Waals surface area contributed by atoms with E-state index in [0.717, 1.165) is 5.56 Å². The number of anilines is 1. The molecular weight excluding hydrogens is 357 g/mol. The first-order valence-corrected chi connectivity index (χ1v) is 8.74. The van der Waals surface area contributed by atoms with Crippen LogP contribution < -0.4 is 10.7 Å². The maximum absolute atomic E-state index is 14.0. The van der Waals surface area contributed by atoms with E-state index in [2.05, 4.69) is 5.32 Å². The normalized spacial score (nSPS) is 10.8. The van der Waals surface area contributed by atoms with Crippen LogP contribution in [0.25, 0.3) is 22.1 Å². The zero-order valence-corrected chi connectivity index (χ0v) is 15.0. The zero-order valence-electron chi connectivity index (χ0n) is 15.0. The molecule has 1 amide bonds. The number of para-hydroxylation sites is 1. The summed E-state index contributed by atoms with van der Waals surface area (Å²) in [4.78, 5) is 25.8. The molecule has 0 aliphatic carbocycles. The molecule has 0 atom stereocenters. The van der Waals surface area contributed by atoms with Gasteiger partial charge in [-0.1, -0.05) is 54.6 Å². The molecule has 5 heteroatoms. The average molecular weight is 373 g/mol. The van der Waals surface area contributed by atoms with Gasteiger partial charge in [-0.05, 0) is 36.2 Å². The van der Waals surface area contributed by atoms with Gasteiger partial charge in [0, 0.05) is 0 Å². The molecule has 1 aromatic heterocycles. The van der Waals surface area contributed by atoms with Gasteiger partial charge in [-0.3, -0.25) is 14.9 Å². The maximum atomic E-state index is 14.0. The third kappa shape index (κ3) is 3.07. The predicted octanol–water partition coefficient (Wildman–Crippen LogP) is 5.16. The van der Waals surface area contributed by atoms with Crippen molar-refractivity contribution in [2.75, 3.05) is 5.32 Å². The van der Waals surface area contributed by atoms with Gasteiger partial charge < -0.3 is 4.42 Å². The average Bonchev–Trinajstić information content (AvgIpc) is 2.70. The number of hydrogen-bond acceptors (Lipinski definition) is 3. The van der Waals surface area contributed by atoms with Gasteiger partial charge in [-0.2, -0.15) is 0 Å². The molecule has 0 radical (unpaired) electrons. The van der Waals surface area contributed by atoms with E-state index < -0.39 is 11.7 Å². The third-order valence-corrected chi connectivity index (χ3v) is 4.52. The third-order valence-electron chi connectivity index (χ3n) is 4.52. The molecule has 0 aliphatic rings. The van der Waals surface area contributed by atoms with Gasteiger partial charge >= 0.3 is 0 Å². The van der Waals surface area contributed by atoms with Crippen molar-refractivity contribution in [3.63, 3.8) is 0 Å². The second-order valence-corrected chi connectivity index (χ2v) is 6.39.